The number of alkyl carbamates (subject to hydrolysis) is 1. The number of carbonyl (C=O) groups excluding carboxylic acids is 2. The van der Waals surface area contributed by atoms with E-state index in [-0.39, 0.29) is 34.9 Å². The number of benzene rings is 2. The van der Waals surface area contributed by atoms with E-state index in [0.29, 0.717) is 25.1 Å². The molecule has 1 aromatic heterocycles. The van der Waals surface area contributed by atoms with Crippen molar-refractivity contribution in [1.82, 2.24) is 9.69 Å². The molecule has 8 nitrogen and oxygen atoms in total. The minimum atomic E-state index is -1.12. The smallest absolute Gasteiger partial charge is 0.407 e. The first-order chi connectivity index (χ1) is 16.9. The maximum atomic E-state index is 12.4. The van der Waals surface area contributed by atoms with E-state index >= 15 is 0 Å². The Bertz CT molecular complexity index is 1210. The molecule has 35 heavy (non-hydrogen) atoms. The molecular formula is C26H27N3O5S. The summed E-state index contributed by atoms with van der Waals surface area (Å²) in [4.78, 5) is 36.1. The van der Waals surface area contributed by atoms with Crippen molar-refractivity contribution in [2.45, 2.75) is 32.6 Å². The second-order valence-electron chi connectivity index (χ2n) is 8.56. The van der Waals surface area contributed by atoms with Crippen LogP contribution >= 0.6 is 11.5 Å². The van der Waals surface area contributed by atoms with Crippen molar-refractivity contribution < 1.29 is 24.2 Å². The van der Waals surface area contributed by atoms with Gasteiger partial charge in [-0.25, -0.2) is 9.59 Å². The summed E-state index contributed by atoms with van der Waals surface area (Å²) >= 11 is 0.954. The largest absolute Gasteiger partial charge is 0.478 e. The third-order valence-corrected chi connectivity index (χ3v) is 7.04. The van der Waals surface area contributed by atoms with Gasteiger partial charge in [0.25, 0.3) is 0 Å². The van der Waals surface area contributed by atoms with Crippen LogP contribution in [0.1, 0.15) is 52.9 Å². The van der Waals surface area contributed by atoms with E-state index in [1.807, 2.05) is 24.3 Å². The molecule has 3 aromatic rings. The van der Waals surface area contributed by atoms with Crippen molar-refractivity contribution in [3.63, 3.8) is 0 Å². The minimum Gasteiger partial charge on any atom is -0.478 e. The maximum absolute atomic E-state index is 12.4. The zero-order chi connectivity index (χ0) is 24.9. The maximum Gasteiger partial charge on any atom is 0.407 e. The van der Waals surface area contributed by atoms with E-state index in [2.05, 4.69) is 39.3 Å². The number of aryl methyl sites for hydroxylation is 1. The summed E-state index contributed by atoms with van der Waals surface area (Å²) in [7, 11) is 0. The van der Waals surface area contributed by atoms with Crippen LogP contribution in [0.15, 0.2) is 48.5 Å². The van der Waals surface area contributed by atoms with Crippen molar-refractivity contribution in [3.8, 4) is 11.1 Å². The molecule has 0 fully saturated rings. The fourth-order valence-corrected chi connectivity index (χ4v) is 5.11. The fourth-order valence-electron chi connectivity index (χ4n) is 4.32. The van der Waals surface area contributed by atoms with Crippen LogP contribution in [0.2, 0.25) is 0 Å². The van der Waals surface area contributed by atoms with E-state index in [4.69, 9.17) is 4.74 Å². The third-order valence-electron chi connectivity index (χ3n) is 6.19. The molecule has 3 N–H and O–H groups in total. The number of aromatic carboxylic acids is 1. The quantitative estimate of drug-likeness (QED) is 0.359. The van der Waals surface area contributed by atoms with Crippen molar-refractivity contribution in [1.29, 1.82) is 0 Å². The van der Waals surface area contributed by atoms with Gasteiger partial charge in [-0.2, -0.15) is 4.37 Å². The van der Waals surface area contributed by atoms with Gasteiger partial charge in [0, 0.05) is 18.4 Å². The number of carbonyl (C=O) groups is 3. The Labute approximate surface area is 207 Å². The fraction of sp³-hybridized carbons (Fsp3) is 0.308. The number of nitrogens with zero attached hydrogens (tertiary/aromatic N) is 1. The third kappa shape index (κ3) is 5.35. The van der Waals surface area contributed by atoms with E-state index in [1.54, 1.807) is 13.8 Å². The highest BCUT2D eigenvalue weighted by Crippen LogP contribution is 2.44. The number of hydrogen-bond donors (Lipinski definition) is 3. The van der Waals surface area contributed by atoms with Crippen molar-refractivity contribution >= 4 is 34.5 Å². The van der Waals surface area contributed by atoms with Gasteiger partial charge in [-0.15, -0.1) is 0 Å². The Kier molecular flexibility index (Phi) is 7.45. The number of fused-ring (bicyclic) bond motifs is 3. The first-order valence-corrected chi connectivity index (χ1v) is 12.2. The summed E-state index contributed by atoms with van der Waals surface area (Å²) in [5.74, 6) is -1.75. The summed E-state index contributed by atoms with van der Waals surface area (Å²) < 4.78 is 9.52. The lowest BCUT2D eigenvalue weighted by Gasteiger charge is -2.15. The first kappa shape index (κ1) is 24.4. The van der Waals surface area contributed by atoms with E-state index < -0.39 is 12.1 Å². The molecule has 9 heteroatoms. The zero-order valence-corrected chi connectivity index (χ0v) is 20.4. The van der Waals surface area contributed by atoms with Gasteiger partial charge in [-0.05, 0) is 53.6 Å². The Balaban J connectivity index is 1.21. The minimum absolute atomic E-state index is 0.00272. The lowest BCUT2D eigenvalue weighted by atomic mass is 9.98. The standard InChI is InChI=1S/C26H27N3O5S/c1-15(23(30)28-24-22(25(31)32)16(2)29-35-24)8-7-13-27-26(33)34-14-21-19-11-5-3-9-17(19)18-10-4-6-12-20(18)21/h3-6,9-12,15,21H,7-8,13-14H2,1-2H3,(H,27,33)(H,28,30)(H,31,32). The molecule has 4 rings (SSSR count). The van der Waals surface area contributed by atoms with Gasteiger partial charge in [0.15, 0.2) is 0 Å². The highest BCUT2D eigenvalue weighted by Gasteiger charge is 2.29. The SMILES string of the molecule is Cc1nsc(NC(=O)C(C)CCCNC(=O)OCC2c3ccccc3-c3ccccc32)c1C(=O)O. The molecule has 0 saturated heterocycles. The second kappa shape index (κ2) is 10.7. The van der Waals surface area contributed by atoms with Gasteiger partial charge in [-0.3, -0.25) is 4.79 Å². The number of anilines is 1. The van der Waals surface area contributed by atoms with Crippen molar-refractivity contribution in [2.24, 2.45) is 5.92 Å². The molecule has 2 aromatic carbocycles. The number of nitrogens with one attached hydrogen (secondary N) is 2. The Morgan fingerprint density at radius 1 is 1.09 bits per heavy atom. The summed E-state index contributed by atoms with van der Waals surface area (Å²) in [6.07, 6.45) is 0.609. The monoisotopic (exact) mass is 493 g/mol. The van der Waals surface area contributed by atoms with E-state index in [9.17, 15) is 19.5 Å². The number of hydrogen-bond acceptors (Lipinski definition) is 6. The van der Waals surface area contributed by atoms with Gasteiger partial charge in [-0.1, -0.05) is 55.5 Å². The molecule has 0 bridgehead atoms. The lowest BCUT2D eigenvalue weighted by molar-refractivity contribution is -0.119. The van der Waals surface area contributed by atoms with E-state index in [1.165, 1.54) is 11.1 Å². The van der Waals surface area contributed by atoms with Gasteiger partial charge in [0.2, 0.25) is 5.91 Å². The number of rotatable bonds is 9. The number of carboxylic acid groups (broad SMARTS) is 1. The molecule has 1 heterocycles. The number of carboxylic acids is 1. The van der Waals surface area contributed by atoms with Gasteiger partial charge in [0.1, 0.15) is 17.2 Å². The van der Waals surface area contributed by atoms with Crippen LogP contribution in [0.3, 0.4) is 0 Å². The average Bonchev–Trinajstić information content (AvgIpc) is 3.37. The van der Waals surface area contributed by atoms with Crippen LogP contribution in [-0.4, -0.2) is 40.6 Å². The van der Waals surface area contributed by atoms with Gasteiger partial charge < -0.3 is 20.5 Å². The molecule has 1 atom stereocenters. The van der Waals surface area contributed by atoms with Gasteiger partial charge in [0.05, 0.1) is 5.69 Å². The molecule has 1 aliphatic rings. The second-order valence-corrected chi connectivity index (χ2v) is 9.34. The number of ether oxygens (including phenoxy) is 1. The lowest BCUT2D eigenvalue weighted by Crippen LogP contribution is -2.28. The summed E-state index contributed by atoms with van der Waals surface area (Å²) in [5, 5.41) is 14.9. The normalized spacial score (nSPS) is 13.0. The first-order valence-electron chi connectivity index (χ1n) is 11.5. The molecule has 1 aliphatic carbocycles. The summed E-state index contributed by atoms with van der Waals surface area (Å²) in [6.45, 7) is 3.97. The number of amides is 2. The Hall–Kier alpha value is -3.72. The van der Waals surface area contributed by atoms with Crippen LogP contribution in [0.4, 0.5) is 9.80 Å². The molecular weight excluding hydrogens is 466 g/mol. The van der Waals surface area contributed by atoms with Crippen LogP contribution < -0.4 is 10.6 Å². The molecule has 1 unspecified atom stereocenters. The Morgan fingerprint density at radius 3 is 2.34 bits per heavy atom. The summed E-state index contributed by atoms with van der Waals surface area (Å²) in [5.41, 5.74) is 5.05. The van der Waals surface area contributed by atoms with Crippen LogP contribution in [0.5, 0.6) is 0 Å². The van der Waals surface area contributed by atoms with Gasteiger partial charge >= 0.3 is 12.1 Å². The topological polar surface area (TPSA) is 118 Å². The van der Waals surface area contributed by atoms with Crippen molar-refractivity contribution in [2.75, 3.05) is 18.5 Å². The highest BCUT2D eigenvalue weighted by atomic mass is 32.1. The van der Waals surface area contributed by atoms with Crippen LogP contribution in [0, 0.1) is 12.8 Å². The van der Waals surface area contributed by atoms with Crippen LogP contribution in [-0.2, 0) is 9.53 Å². The van der Waals surface area contributed by atoms with E-state index in [0.717, 1.165) is 22.7 Å². The molecule has 182 valence electrons. The van der Waals surface area contributed by atoms with Crippen LogP contribution in [0.25, 0.3) is 11.1 Å². The zero-order valence-electron chi connectivity index (χ0n) is 19.5. The highest BCUT2D eigenvalue weighted by molar-refractivity contribution is 7.11. The average molecular weight is 494 g/mol. The number of aromatic nitrogens is 1. The Morgan fingerprint density at radius 2 is 1.71 bits per heavy atom. The molecule has 0 spiro atoms. The predicted octanol–water partition coefficient (Wildman–Crippen LogP) is 5.04. The predicted molar refractivity (Wildman–Crippen MR) is 134 cm³/mol. The van der Waals surface area contributed by atoms with Crippen molar-refractivity contribution in [3.05, 3.63) is 70.9 Å². The molecule has 0 radical (unpaired) electrons. The molecule has 0 saturated carbocycles. The summed E-state index contributed by atoms with van der Waals surface area (Å²) in [6, 6.07) is 16.3. The molecule has 2 amide bonds. The molecule has 0 aliphatic heterocycles.